The fourth-order valence-corrected chi connectivity index (χ4v) is 3.82. The number of hydrogen-bond donors (Lipinski definition) is 2. The number of aromatic amines is 1. The molecule has 2 N–H and O–H groups in total. The molecule has 0 radical (unpaired) electrons. The van der Waals surface area contributed by atoms with Gasteiger partial charge in [-0.1, -0.05) is 36.4 Å². The SMILES string of the molecule is C=CCn1cc(/C=C(\Sc2nc3ccccc3[nH]2)C(=O)O)c2ccccc21. The molecule has 27 heavy (non-hydrogen) atoms. The van der Waals surface area contributed by atoms with Crippen molar-refractivity contribution in [3.63, 3.8) is 0 Å². The van der Waals surface area contributed by atoms with Crippen LogP contribution in [0.15, 0.2) is 77.4 Å². The van der Waals surface area contributed by atoms with Crippen LogP contribution < -0.4 is 0 Å². The highest BCUT2D eigenvalue weighted by molar-refractivity contribution is 8.04. The fourth-order valence-electron chi connectivity index (χ4n) is 3.04. The number of aliphatic carboxylic acids is 1. The Labute approximate surface area is 160 Å². The van der Waals surface area contributed by atoms with Crippen molar-refractivity contribution in [1.82, 2.24) is 14.5 Å². The number of para-hydroxylation sites is 3. The summed E-state index contributed by atoms with van der Waals surface area (Å²) in [7, 11) is 0. The molecule has 134 valence electrons. The molecular weight excluding hydrogens is 358 g/mol. The van der Waals surface area contributed by atoms with Crippen LogP contribution >= 0.6 is 11.8 Å². The average Bonchev–Trinajstić information content (AvgIpc) is 3.23. The molecule has 0 aliphatic rings. The number of aromatic nitrogens is 3. The number of fused-ring (bicyclic) bond motifs is 2. The van der Waals surface area contributed by atoms with Gasteiger partial charge in [0.2, 0.25) is 0 Å². The maximum atomic E-state index is 11.8. The van der Waals surface area contributed by atoms with Crippen LogP contribution in [0, 0.1) is 0 Å². The molecule has 2 aromatic carbocycles. The lowest BCUT2D eigenvalue weighted by atomic mass is 10.1. The van der Waals surface area contributed by atoms with Gasteiger partial charge in [0.15, 0.2) is 5.16 Å². The zero-order chi connectivity index (χ0) is 18.8. The molecule has 0 saturated carbocycles. The molecule has 0 fully saturated rings. The summed E-state index contributed by atoms with van der Waals surface area (Å²) in [6, 6.07) is 15.6. The molecule has 5 nitrogen and oxygen atoms in total. The molecule has 0 atom stereocenters. The first kappa shape index (κ1) is 17.2. The van der Waals surface area contributed by atoms with E-state index in [2.05, 4.69) is 21.1 Å². The van der Waals surface area contributed by atoms with E-state index in [1.54, 1.807) is 6.08 Å². The van der Waals surface area contributed by atoms with Gasteiger partial charge in [-0.15, -0.1) is 6.58 Å². The summed E-state index contributed by atoms with van der Waals surface area (Å²) in [5, 5.41) is 11.3. The Morgan fingerprint density at radius 3 is 2.78 bits per heavy atom. The van der Waals surface area contributed by atoms with Crippen molar-refractivity contribution in [1.29, 1.82) is 0 Å². The monoisotopic (exact) mass is 375 g/mol. The number of nitrogens with zero attached hydrogens (tertiary/aromatic N) is 2. The maximum Gasteiger partial charge on any atom is 0.342 e. The number of benzene rings is 2. The molecule has 0 aliphatic heterocycles. The van der Waals surface area contributed by atoms with Crippen LogP contribution in [0.1, 0.15) is 5.56 Å². The van der Waals surface area contributed by atoms with Crippen molar-refractivity contribution in [2.75, 3.05) is 0 Å². The summed E-state index contributed by atoms with van der Waals surface area (Å²) in [6.07, 6.45) is 5.47. The van der Waals surface area contributed by atoms with Crippen molar-refractivity contribution in [3.05, 3.63) is 77.9 Å². The van der Waals surface area contributed by atoms with Crippen LogP contribution in [0.3, 0.4) is 0 Å². The van der Waals surface area contributed by atoms with E-state index >= 15 is 0 Å². The van der Waals surface area contributed by atoms with Gasteiger partial charge in [-0.2, -0.15) is 0 Å². The first-order valence-corrected chi connectivity index (χ1v) is 9.23. The third-order valence-electron chi connectivity index (χ3n) is 4.22. The second-order valence-electron chi connectivity index (χ2n) is 6.02. The molecule has 0 bridgehead atoms. The van der Waals surface area contributed by atoms with E-state index < -0.39 is 5.97 Å². The molecular formula is C21H17N3O2S. The van der Waals surface area contributed by atoms with Gasteiger partial charge in [-0.25, -0.2) is 9.78 Å². The molecule has 4 aromatic rings. The van der Waals surface area contributed by atoms with Crippen LogP contribution in [0.25, 0.3) is 28.0 Å². The van der Waals surface area contributed by atoms with Gasteiger partial charge in [0, 0.05) is 29.2 Å². The van der Waals surface area contributed by atoms with Gasteiger partial charge in [0.25, 0.3) is 0 Å². The summed E-state index contributed by atoms with van der Waals surface area (Å²) in [5.41, 5.74) is 3.59. The summed E-state index contributed by atoms with van der Waals surface area (Å²) in [6.45, 7) is 4.45. The van der Waals surface area contributed by atoms with Gasteiger partial charge in [0.05, 0.1) is 11.0 Å². The zero-order valence-electron chi connectivity index (χ0n) is 14.4. The van der Waals surface area contributed by atoms with Gasteiger partial charge < -0.3 is 14.7 Å². The molecule has 2 heterocycles. The predicted molar refractivity (Wildman–Crippen MR) is 110 cm³/mol. The smallest absolute Gasteiger partial charge is 0.342 e. The van der Waals surface area contributed by atoms with Crippen LogP contribution in [-0.2, 0) is 11.3 Å². The topological polar surface area (TPSA) is 70.9 Å². The molecule has 6 heteroatoms. The maximum absolute atomic E-state index is 11.8. The van der Waals surface area contributed by atoms with E-state index in [0.717, 1.165) is 39.3 Å². The largest absolute Gasteiger partial charge is 0.477 e. The Morgan fingerprint density at radius 2 is 2.00 bits per heavy atom. The first-order valence-electron chi connectivity index (χ1n) is 8.42. The second-order valence-corrected chi connectivity index (χ2v) is 7.05. The molecule has 0 aliphatic carbocycles. The minimum atomic E-state index is -0.985. The summed E-state index contributed by atoms with van der Waals surface area (Å²) in [5.74, 6) is -0.985. The van der Waals surface area contributed by atoms with E-state index in [-0.39, 0.29) is 4.91 Å². The van der Waals surface area contributed by atoms with E-state index in [4.69, 9.17) is 0 Å². The zero-order valence-corrected chi connectivity index (χ0v) is 15.2. The molecule has 0 amide bonds. The van der Waals surface area contributed by atoms with Gasteiger partial charge >= 0.3 is 5.97 Å². The lowest BCUT2D eigenvalue weighted by molar-refractivity contribution is -0.131. The minimum absolute atomic E-state index is 0.204. The Balaban J connectivity index is 1.76. The van der Waals surface area contributed by atoms with E-state index in [0.29, 0.717) is 11.7 Å². The standard InChI is InChI=1S/C21H17N3O2S/c1-2-11-24-13-14(15-7-3-6-10-18(15)24)12-19(20(25)26)27-21-22-16-8-4-5-9-17(16)23-21/h2-10,12-13H,1,11H2,(H,22,23)(H,25,26)/b19-12-. The number of carboxylic acid groups (broad SMARTS) is 1. The van der Waals surface area contributed by atoms with Crippen molar-refractivity contribution >= 4 is 45.7 Å². The Kier molecular flexibility index (Phi) is 4.56. The van der Waals surface area contributed by atoms with E-state index in [9.17, 15) is 9.90 Å². The quantitative estimate of drug-likeness (QED) is 0.285. The Bertz CT molecular complexity index is 1150. The average molecular weight is 375 g/mol. The predicted octanol–water partition coefficient (Wildman–Crippen LogP) is 4.92. The number of carbonyl (C=O) groups is 1. The minimum Gasteiger partial charge on any atom is -0.477 e. The first-order chi connectivity index (χ1) is 13.2. The van der Waals surface area contributed by atoms with E-state index in [1.165, 1.54) is 0 Å². The number of nitrogens with one attached hydrogen (secondary N) is 1. The van der Waals surface area contributed by atoms with Crippen LogP contribution in [-0.4, -0.2) is 25.6 Å². The van der Waals surface area contributed by atoms with Crippen LogP contribution in [0.2, 0.25) is 0 Å². The molecule has 0 saturated heterocycles. The van der Waals surface area contributed by atoms with Crippen LogP contribution in [0.4, 0.5) is 0 Å². The van der Waals surface area contributed by atoms with Gasteiger partial charge in [-0.05, 0) is 36.0 Å². The number of H-pyrrole nitrogens is 1. The number of imidazole rings is 1. The highest BCUT2D eigenvalue weighted by Gasteiger charge is 2.15. The highest BCUT2D eigenvalue weighted by atomic mass is 32.2. The third kappa shape index (κ3) is 3.39. The molecule has 0 unspecified atom stereocenters. The second kappa shape index (κ2) is 7.17. The Hall–Kier alpha value is -3.25. The number of allylic oxidation sites excluding steroid dienone is 1. The van der Waals surface area contributed by atoms with Crippen LogP contribution in [0.5, 0.6) is 0 Å². The highest BCUT2D eigenvalue weighted by Crippen LogP contribution is 2.31. The van der Waals surface area contributed by atoms with Crippen molar-refractivity contribution < 1.29 is 9.90 Å². The number of thioether (sulfide) groups is 1. The number of rotatable bonds is 6. The van der Waals surface area contributed by atoms with Crippen molar-refractivity contribution in [3.8, 4) is 0 Å². The summed E-state index contributed by atoms with van der Waals surface area (Å²) >= 11 is 1.11. The molecule has 4 rings (SSSR count). The van der Waals surface area contributed by atoms with Crippen molar-refractivity contribution in [2.45, 2.75) is 11.7 Å². The molecule has 0 spiro atoms. The number of carboxylic acids is 1. The van der Waals surface area contributed by atoms with E-state index in [1.807, 2.05) is 60.8 Å². The normalized spacial score (nSPS) is 11.9. The molecule has 2 aromatic heterocycles. The Morgan fingerprint density at radius 1 is 1.22 bits per heavy atom. The fraction of sp³-hybridized carbons (Fsp3) is 0.0476. The lowest BCUT2D eigenvalue weighted by Crippen LogP contribution is -1.97. The van der Waals surface area contributed by atoms with Crippen molar-refractivity contribution in [2.24, 2.45) is 0 Å². The third-order valence-corrected chi connectivity index (χ3v) is 5.12. The summed E-state index contributed by atoms with van der Waals surface area (Å²) in [4.78, 5) is 19.7. The van der Waals surface area contributed by atoms with Gasteiger partial charge in [0.1, 0.15) is 4.91 Å². The lowest BCUT2D eigenvalue weighted by Gasteiger charge is -1.99. The van der Waals surface area contributed by atoms with Gasteiger partial charge in [-0.3, -0.25) is 0 Å². The summed E-state index contributed by atoms with van der Waals surface area (Å²) < 4.78 is 2.06. The number of hydrogen-bond acceptors (Lipinski definition) is 3.